The molecule has 6 heteroatoms. The van der Waals surface area contributed by atoms with Gasteiger partial charge in [0.05, 0.1) is 4.92 Å². The molecule has 2 rings (SSSR count). The van der Waals surface area contributed by atoms with E-state index in [-0.39, 0.29) is 17.2 Å². The molecular weight excluding hydrogens is 222 g/mol. The molecule has 0 unspecified atom stereocenters. The van der Waals surface area contributed by atoms with Crippen molar-refractivity contribution in [1.82, 2.24) is 0 Å². The summed E-state index contributed by atoms with van der Waals surface area (Å²) >= 11 is 0. The summed E-state index contributed by atoms with van der Waals surface area (Å²) in [7, 11) is 1.60. The summed E-state index contributed by atoms with van der Waals surface area (Å²) in [4.78, 5) is 23.1. The number of rotatable bonds is 1. The lowest BCUT2D eigenvalue weighted by atomic mass is 9.98. The molecule has 0 spiro atoms. The van der Waals surface area contributed by atoms with E-state index in [1.807, 2.05) is 0 Å². The highest BCUT2D eigenvalue weighted by molar-refractivity contribution is 5.96. The van der Waals surface area contributed by atoms with Crippen LogP contribution in [0.5, 0.6) is 0 Å². The van der Waals surface area contributed by atoms with Gasteiger partial charge in [0.2, 0.25) is 5.91 Å². The van der Waals surface area contributed by atoms with Crippen molar-refractivity contribution in [2.75, 3.05) is 11.9 Å². The van der Waals surface area contributed by atoms with E-state index >= 15 is 0 Å². The molecule has 0 atom stereocenters. The van der Waals surface area contributed by atoms with Gasteiger partial charge in [-0.25, -0.2) is 0 Å². The van der Waals surface area contributed by atoms with Crippen LogP contribution in [0.3, 0.4) is 0 Å². The first-order chi connectivity index (χ1) is 8.04. The number of carbonyl (C=O) groups is 1. The lowest BCUT2D eigenvalue weighted by Crippen LogP contribution is -2.31. The Balaban J connectivity index is 2.63. The van der Waals surface area contributed by atoms with Gasteiger partial charge in [-0.1, -0.05) is 0 Å². The molecule has 1 aliphatic heterocycles. The summed E-state index contributed by atoms with van der Waals surface area (Å²) in [6.45, 7) is 0. The molecule has 6 nitrogen and oxygen atoms in total. The van der Waals surface area contributed by atoms with Crippen molar-refractivity contribution in [1.29, 1.82) is 5.26 Å². The van der Waals surface area contributed by atoms with Gasteiger partial charge in [0.15, 0.2) is 0 Å². The fourth-order valence-electron chi connectivity index (χ4n) is 1.92. The fourth-order valence-corrected chi connectivity index (χ4v) is 1.92. The van der Waals surface area contributed by atoms with Gasteiger partial charge >= 0.3 is 0 Å². The summed E-state index contributed by atoms with van der Waals surface area (Å²) in [6.07, 6.45) is 0.817. The van der Waals surface area contributed by atoms with Crippen molar-refractivity contribution < 1.29 is 9.72 Å². The van der Waals surface area contributed by atoms with Crippen molar-refractivity contribution in [2.24, 2.45) is 0 Å². The third kappa shape index (κ3) is 1.72. The number of amides is 1. The number of anilines is 1. The highest BCUT2D eigenvalue weighted by atomic mass is 16.6. The fraction of sp³-hybridized carbons (Fsp3) is 0.273. The Morgan fingerprint density at radius 2 is 2.18 bits per heavy atom. The van der Waals surface area contributed by atoms with Crippen molar-refractivity contribution in [3.8, 4) is 6.07 Å². The number of nitro benzene ring substituents is 1. The van der Waals surface area contributed by atoms with E-state index in [1.54, 1.807) is 13.1 Å². The molecule has 0 N–H and O–H groups in total. The Hall–Kier alpha value is -2.42. The van der Waals surface area contributed by atoms with E-state index < -0.39 is 4.92 Å². The average molecular weight is 231 g/mol. The summed E-state index contributed by atoms with van der Waals surface area (Å²) in [5, 5.41) is 19.6. The van der Waals surface area contributed by atoms with Crippen molar-refractivity contribution in [3.05, 3.63) is 33.4 Å². The third-order valence-electron chi connectivity index (χ3n) is 2.86. The molecule has 0 bridgehead atoms. The van der Waals surface area contributed by atoms with Crippen LogP contribution in [0.4, 0.5) is 11.4 Å². The highest BCUT2D eigenvalue weighted by Crippen LogP contribution is 2.32. The van der Waals surface area contributed by atoms with Crippen LogP contribution in [0.1, 0.15) is 17.5 Å². The number of nitro groups is 1. The van der Waals surface area contributed by atoms with Crippen LogP contribution in [-0.2, 0) is 11.2 Å². The van der Waals surface area contributed by atoms with Crippen molar-refractivity contribution in [3.63, 3.8) is 0 Å². The zero-order valence-electron chi connectivity index (χ0n) is 9.14. The lowest BCUT2D eigenvalue weighted by Gasteiger charge is -2.25. The van der Waals surface area contributed by atoms with Crippen LogP contribution < -0.4 is 4.90 Å². The Morgan fingerprint density at radius 1 is 1.47 bits per heavy atom. The second-order valence-electron chi connectivity index (χ2n) is 3.82. The van der Waals surface area contributed by atoms with E-state index in [0.29, 0.717) is 18.5 Å². The zero-order chi connectivity index (χ0) is 12.6. The van der Waals surface area contributed by atoms with Gasteiger partial charge < -0.3 is 4.90 Å². The quantitative estimate of drug-likeness (QED) is 0.539. The number of carbonyl (C=O) groups excluding carboxylic acids is 1. The minimum atomic E-state index is -0.574. The summed E-state index contributed by atoms with van der Waals surface area (Å²) in [6, 6.07) is 4.58. The van der Waals surface area contributed by atoms with Gasteiger partial charge in [0, 0.05) is 25.2 Å². The number of nitriles is 1. The Bertz CT molecular complexity index is 560. The molecule has 1 aromatic rings. The molecule has 0 radical (unpaired) electrons. The Labute approximate surface area is 97.2 Å². The van der Waals surface area contributed by atoms with Gasteiger partial charge in [-0.2, -0.15) is 5.26 Å². The number of benzene rings is 1. The summed E-state index contributed by atoms with van der Waals surface area (Å²) < 4.78 is 0. The van der Waals surface area contributed by atoms with Gasteiger partial charge in [-0.05, 0) is 18.1 Å². The maximum atomic E-state index is 11.5. The van der Waals surface area contributed by atoms with Crippen LogP contribution in [0.15, 0.2) is 12.1 Å². The number of nitrogens with zero attached hydrogens (tertiary/aromatic N) is 3. The number of hydrogen-bond acceptors (Lipinski definition) is 4. The average Bonchev–Trinajstić information content (AvgIpc) is 2.32. The topological polar surface area (TPSA) is 87.2 Å². The summed E-state index contributed by atoms with van der Waals surface area (Å²) in [5.74, 6) is -0.0461. The van der Waals surface area contributed by atoms with Gasteiger partial charge in [-0.15, -0.1) is 0 Å². The zero-order valence-corrected chi connectivity index (χ0v) is 9.14. The van der Waals surface area contributed by atoms with E-state index in [2.05, 4.69) is 0 Å². The molecule has 1 heterocycles. The van der Waals surface area contributed by atoms with E-state index in [1.165, 1.54) is 17.0 Å². The van der Waals surface area contributed by atoms with Crippen LogP contribution in [-0.4, -0.2) is 17.9 Å². The van der Waals surface area contributed by atoms with Gasteiger partial charge in [0.25, 0.3) is 5.69 Å². The van der Waals surface area contributed by atoms with Crippen LogP contribution >= 0.6 is 0 Å². The van der Waals surface area contributed by atoms with Crippen LogP contribution in [0.2, 0.25) is 0 Å². The first kappa shape index (κ1) is 11.1. The maximum absolute atomic E-state index is 11.5. The monoisotopic (exact) mass is 231 g/mol. The minimum absolute atomic E-state index is 0.0182. The Morgan fingerprint density at radius 3 is 2.76 bits per heavy atom. The second kappa shape index (κ2) is 3.87. The third-order valence-corrected chi connectivity index (χ3v) is 2.86. The predicted octanol–water partition coefficient (Wildman–Crippen LogP) is 1.38. The molecule has 0 saturated heterocycles. The molecular formula is C11H9N3O3. The first-order valence-corrected chi connectivity index (χ1v) is 5.02. The molecule has 86 valence electrons. The molecule has 1 aliphatic rings. The van der Waals surface area contributed by atoms with E-state index in [0.717, 1.165) is 5.56 Å². The van der Waals surface area contributed by atoms with Crippen molar-refractivity contribution in [2.45, 2.75) is 12.8 Å². The van der Waals surface area contributed by atoms with Crippen LogP contribution in [0, 0.1) is 21.4 Å². The van der Waals surface area contributed by atoms with Gasteiger partial charge in [-0.3, -0.25) is 14.9 Å². The molecule has 1 amide bonds. The normalized spacial score (nSPS) is 14.1. The Kier molecular flexibility index (Phi) is 2.52. The maximum Gasteiger partial charge on any atom is 0.287 e. The SMILES string of the molecule is CN1C(=O)CCc2cc([N+](=O)[O-])c(C#N)cc21. The number of aryl methyl sites for hydroxylation is 1. The largest absolute Gasteiger partial charge is 0.315 e. The highest BCUT2D eigenvalue weighted by Gasteiger charge is 2.25. The van der Waals surface area contributed by atoms with Crippen LogP contribution in [0.25, 0.3) is 0 Å². The second-order valence-corrected chi connectivity index (χ2v) is 3.82. The smallest absolute Gasteiger partial charge is 0.287 e. The van der Waals surface area contributed by atoms with E-state index in [4.69, 9.17) is 5.26 Å². The molecule has 1 aromatic carbocycles. The summed E-state index contributed by atoms with van der Waals surface area (Å²) in [5.41, 5.74) is 1.10. The number of fused-ring (bicyclic) bond motifs is 1. The van der Waals surface area contributed by atoms with Crippen molar-refractivity contribution >= 4 is 17.3 Å². The predicted molar refractivity (Wildman–Crippen MR) is 59.5 cm³/mol. The molecule has 0 aliphatic carbocycles. The molecule has 17 heavy (non-hydrogen) atoms. The molecule has 0 aromatic heterocycles. The minimum Gasteiger partial charge on any atom is -0.315 e. The standard InChI is InChI=1S/C11H9N3O3/c1-13-9-5-8(6-12)10(14(16)17)4-7(9)2-3-11(13)15/h4-5H,2-3H2,1H3. The van der Waals surface area contributed by atoms with E-state index in [9.17, 15) is 14.9 Å². The molecule has 0 saturated carbocycles. The molecule has 0 fully saturated rings. The first-order valence-electron chi connectivity index (χ1n) is 5.02. The van der Waals surface area contributed by atoms with Gasteiger partial charge in [0.1, 0.15) is 11.6 Å². The lowest BCUT2D eigenvalue weighted by molar-refractivity contribution is -0.385. The number of hydrogen-bond donors (Lipinski definition) is 0.